The lowest BCUT2D eigenvalue weighted by Crippen LogP contribution is -2.33. The highest BCUT2D eigenvalue weighted by molar-refractivity contribution is 5.77. The zero-order valence-corrected chi connectivity index (χ0v) is 17.8. The molecule has 1 heterocycles. The zero-order chi connectivity index (χ0) is 21.2. The predicted octanol–water partition coefficient (Wildman–Crippen LogP) is 1.38. The Morgan fingerprint density at radius 2 is 1.89 bits per heavy atom. The summed E-state index contributed by atoms with van der Waals surface area (Å²) in [5, 5.41) is 0. The molecular formula is C20H36N3O5+. The van der Waals surface area contributed by atoms with Crippen molar-refractivity contribution in [2.45, 2.75) is 46.1 Å². The van der Waals surface area contributed by atoms with Crippen molar-refractivity contribution in [1.82, 2.24) is 4.57 Å². The van der Waals surface area contributed by atoms with Crippen molar-refractivity contribution in [3.63, 3.8) is 0 Å². The van der Waals surface area contributed by atoms with Gasteiger partial charge >= 0.3 is 5.97 Å². The predicted molar refractivity (Wildman–Crippen MR) is 104 cm³/mol. The van der Waals surface area contributed by atoms with Gasteiger partial charge in [0, 0.05) is 19.4 Å². The summed E-state index contributed by atoms with van der Waals surface area (Å²) in [5.41, 5.74) is 4.84. The number of hydrogen-bond acceptors (Lipinski definition) is 5. The smallest absolute Gasteiger partial charge is 0.311 e. The number of esters is 1. The van der Waals surface area contributed by atoms with Crippen molar-refractivity contribution in [2.24, 2.45) is 24.1 Å². The van der Waals surface area contributed by atoms with E-state index in [-0.39, 0.29) is 30.4 Å². The molecule has 2 unspecified atom stereocenters. The van der Waals surface area contributed by atoms with Gasteiger partial charge in [-0.3, -0.25) is 9.59 Å². The van der Waals surface area contributed by atoms with Crippen molar-refractivity contribution in [3.05, 3.63) is 18.7 Å². The molecule has 0 fully saturated rings. The summed E-state index contributed by atoms with van der Waals surface area (Å²) in [6, 6.07) is -0.0425. The van der Waals surface area contributed by atoms with Gasteiger partial charge in [-0.15, -0.1) is 0 Å². The maximum absolute atomic E-state index is 12.6. The van der Waals surface area contributed by atoms with E-state index in [1.54, 1.807) is 7.11 Å². The fraction of sp³-hybridized carbons (Fsp3) is 0.750. The summed E-state index contributed by atoms with van der Waals surface area (Å²) in [4.78, 5) is 24.4. The summed E-state index contributed by atoms with van der Waals surface area (Å²) < 4.78 is 19.6. The average molecular weight is 399 g/mol. The maximum atomic E-state index is 12.6. The Kier molecular flexibility index (Phi) is 10.2. The normalized spacial score (nSPS) is 13.9. The minimum atomic E-state index is -0.712. The molecule has 0 saturated carbocycles. The molecule has 0 bridgehead atoms. The van der Waals surface area contributed by atoms with Crippen LogP contribution in [0.4, 0.5) is 0 Å². The molecule has 0 radical (unpaired) electrons. The van der Waals surface area contributed by atoms with E-state index in [0.29, 0.717) is 39.1 Å². The van der Waals surface area contributed by atoms with Gasteiger partial charge in [-0.25, -0.2) is 9.13 Å². The lowest BCUT2D eigenvalue weighted by Gasteiger charge is -2.27. The van der Waals surface area contributed by atoms with Crippen molar-refractivity contribution in [1.29, 1.82) is 0 Å². The van der Waals surface area contributed by atoms with Crippen LogP contribution in [-0.4, -0.2) is 50.0 Å². The third kappa shape index (κ3) is 7.98. The molecule has 0 saturated heterocycles. The van der Waals surface area contributed by atoms with Crippen molar-refractivity contribution in [3.8, 4) is 0 Å². The number of nitrogens with zero attached hydrogens (tertiary/aromatic N) is 2. The number of methoxy groups -OCH3 is 1. The van der Waals surface area contributed by atoms with Crippen LogP contribution in [0.3, 0.4) is 0 Å². The molecule has 28 heavy (non-hydrogen) atoms. The van der Waals surface area contributed by atoms with Gasteiger partial charge in [0.05, 0.1) is 32.3 Å². The molecule has 160 valence electrons. The van der Waals surface area contributed by atoms with E-state index in [2.05, 4.69) is 0 Å². The van der Waals surface area contributed by atoms with Crippen molar-refractivity contribution < 1.29 is 28.4 Å². The van der Waals surface area contributed by atoms with Gasteiger partial charge in [0.2, 0.25) is 12.2 Å². The minimum Gasteiger partial charge on any atom is -0.463 e. The second-order valence-corrected chi connectivity index (χ2v) is 7.75. The van der Waals surface area contributed by atoms with Crippen LogP contribution in [-0.2, 0) is 30.8 Å². The van der Waals surface area contributed by atoms with Crippen molar-refractivity contribution in [2.75, 3.05) is 33.5 Å². The first-order valence-corrected chi connectivity index (χ1v) is 9.77. The van der Waals surface area contributed by atoms with Gasteiger partial charge in [0.15, 0.2) is 0 Å². The van der Waals surface area contributed by atoms with Crippen LogP contribution in [0.15, 0.2) is 18.7 Å². The molecule has 2 N–H and O–H groups in total. The second kappa shape index (κ2) is 11.8. The number of ether oxygens (including phenoxy) is 3. The lowest BCUT2D eigenvalue weighted by atomic mass is 9.82. The number of aromatic nitrogens is 2. The van der Waals surface area contributed by atoms with E-state index in [4.69, 9.17) is 19.9 Å². The van der Waals surface area contributed by atoms with Gasteiger partial charge in [-0.2, -0.15) is 0 Å². The molecule has 1 aromatic heterocycles. The molecule has 2 atom stereocenters. The SMILES string of the molecule is CCC(CC(CC(C)(C)C(=O)OCCOCCOC)n1cc[n+](C)c1)C(N)=O. The van der Waals surface area contributed by atoms with Crippen LogP contribution in [0.5, 0.6) is 0 Å². The van der Waals surface area contributed by atoms with Gasteiger partial charge in [-0.05, 0) is 26.7 Å². The van der Waals surface area contributed by atoms with E-state index in [0.717, 1.165) is 0 Å². The number of primary amides is 1. The Morgan fingerprint density at radius 1 is 1.21 bits per heavy atom. The third-order valence-electron chi connectivity index (χ3n) is 4.85. The highest BCUT2D eigenvalue weighted by atomic mass is 16.6. The van der Waals surface area contributed by atoms with E-state index >= 15 is 0 Å². The van der Waals surface area contributed by atoms with Crippen LogP contribution in [0.2, 0.25) is 0 Å². The van der Waals surface area contributed by atoms with Crippen LogP contribution in [0, 0.1) is 11.3 Å². The number of rotatable bonds is 14. The highest BCUT2D eigenvalue weighted by Crippen LogP contribution is 2.34. The first-order chi connectivity index (χ1) is 13.2. The Labute approximate surface area is 167 Å². The van der Waals surface area contributed by atoms with Gasteiger partial charge in [0.1, 0.15) is 25.0 Å². The summed E-state index contributed by atoms with van der Waals surface area (Å²) >= 11 is 0. The monoisotopic (exact) mass is 398 g/mol. The maximum Gasteiger partial charge on any atom is 0.311 e. The molecule has 1 aromatic rings. The summed E-state index contributed by atoms with van der Waals surface area (Å²) in [5.74, 6) is -0.826. The number of amides is 1. The first-order valence-electron chi connectivity index (χ1n) is 9.77. The molecule has 0 aliphatic heterocycles. The van der Waals surface area contributed by atoms with Gasteiger partial charge in [0.25, 0.3) is 0 Å². The molecule has 8 nitrogen and oxygen atoms in total. The minimum absolute atomic E-state index is 0.0425. The van der Waals surface area contributed by atoms with Crippen LogP contribution < -0.4 is 10.3 Å². The second-order valence-electron chi connectivity index (χ2n) is 7.75. The molecule has 8 heteroatoms. The largest absolute Gasteiger partial charge is 0.463 e. The van der Waals surface area contributed by atoms with Crippen LogP contribution in [0.1, 0.15) is 46.1 Å². The summed E-state index contributed by atoms with van der Waals surface area (Å²) in [7, 11) is 3.54. The number of carbonyl (C=O) groups is 2. The Bertz CT molecular complexity index is 615. The number of carbonyl (C=O) groups excluding carboxylic acids is 2. The zero-order valence-electron chi connectivity index (χ0n) is 17.8. The lowest BCUT2D eigenvalue weighted by molar-refractivity contribution is -0.671. The molecular weight excluding hydrogens is 362 g/mol. The Balaban J connectivity index is 2.73. The van der Waals surface area contributed by atoms with Gasteiger partial charge in [-0.1, -0.05) is 6.92 Å². The quantitative estimate of drug-likeness (QED) is 0.290. The standard InChI is InChI=1S/C20H35N3O5/c1-6-16(18(21)24)13-17(23-8-7-22(4)15-23)14-20(2,3)19(25)28-12-11-27-10-9-26-5/h7-8,15-17H,6,9-14H2,1-5H3,(H-,21,24)/p+1. The van der Waals surface area contributed by atoms with Gasteiger partial charge < -0.3 is 19.9 Å². The Morgan fingerprint density at radius 3 is 2.43 bits per heavy atom. The van der Waals surface area contributed by atoms with E-state index in [1.165, 1.54) is 0 Å². The number of nitrogens with two attached hydrogens (primary N) is 1. The summed E-state index contributed by atoms with van der Waals surface area (Å²) in [6.07, 6.45) is 7.61. The summed E-state index contributed by atoms with van der Waals surface area (Å²) in [6.45, 7) is 7.19. The number of hydrogen-bond donors (Lipinski definition) is 1. The van der Waals surface area contributed by atoms with Crippen LogP contribution >= 0.6 is 0 Å². The number of aryl methyl sites for hydroxylation is 1. The average Bonchev–Trinajstić information content (AvgIpc) is 3.07. The number of imidazole rings is 1. The topological polar surface area (TPSA) is 96.7 Å². The molecule has 0 aromatic carbocycles. The van der Waals surface area contributed by atoms with Crippen molar-refractivity contribution >= 4 is 11.9 Å². The molecule has 0 spiro atoms. The highest BCUT2D eigenvalue weighted by Gasteiger charge is 2.36. The third-order valence-corrected chi connectivity index (χ3v) is 4.85. The fourth-order valence-corrected chi connectivity index (χ4v) is 3.11. The van der Waals surface area contributed by atoms with E-state index < -0.39 is 5.41 Å². The fourth-order valence-electron chi connectivity index (χ4n) is 3.11. The Hall–Kier alpha value is -1.93. The first kappa shape index (κ1) is 24.1. The van der Waals surface area contributed by atoms with Crippen LogP contribution in [0.25, 0.3) is 0 Å². The molecule has 1 rings (SSSR count). The van der Waals surface area contributed by atoms with E-state index in [1.807, 2.05) is 55.7 Å². The molecule has 0 aliphatic rings. The molecule has 0 aliphatic carbocycles. The van der Waals surface area contributed by atoms with E-state index in [9.17, 15) is 9.59 Å². The molecule has 1 amide bonds.